The van der Waals surface area contributed by atoms with Crippen LogP contribution in [0.1, 0.15) is 34.7 Å². The Balaban J connectivity index is 1.65. The van der Waals surface area contributed by atoms with Crippen LogP contribution in [0.4, 0.5) is 14.5 Å². The zero-order valence-corrected chi connectivity index (χ0v) is 17.3. The normalized spacial score (nSPS) is 11.0. The standard InChI is InChI=1S/C24H19F2N3O3/c1-13(2)32-24(31)20-10-18-21(28-20)11-27-12-22(18)29-23(30)17-9-15(6-7-19(17)26)14-4-3-5-16(25)8-14/h3-13,28H,1-2H3,(H,29,30). The van der Waals surface area contributed by atoms with Gasteiger partial charge in [-0.2, -0.15) is 0 Å². The molecule has 8 heteroatoms. The molecule has 0 atom stereocenters. The van der Waals surface area contributed by atoms with Crippen LogP contribution in [0, 0.1) is 11.6 Å². The van der Waals surface area contributed by atoms with Crippen LogP contribution in [-0.4, -0.2) is 27.9 Å². The Morgan fingerprint density at radius 1 is 1.03 bits per heavy atom. The van der Waals surface area contributed by atoms with Gasteiger partial charge in [0.2, 0.25) is 0 Å². The van der Waals surface area contributed by atoms with Crippen LogP contribution in [0.25, 0.3) is 22.0 Å². The molecule has 6 nitrogen and oxygen atoms in total. The van der Waals surface area contributed by atoms with E-state index in [-0.39, 0.29) is 17.4 Å². The van der Waals surface area contributed by atoms with Crippen LogP contribution in [0.5, 0.6) is 0 Å². The van der Waals surface area contributed by atoms with Crippen LogP contribution in [-0.2, 0) is 4.74 Å². The highest BCUT2D eigenvalue weighted by molar-refractivity contribution is 6.10. The van der Waals surface area contributed by atoms with E-state index in [0.29, 0.717) is 27.7 Å². The highest BCUT2D eigenvalue weighted by atomic mass is 19.1. The smallest absolute Gasteiger partial charge is 0.355 e. The number of benzene rings is 2. The number of nitrogens with zero attached hydrogens (tertiary/aromatic N) is 1. The zero-order valence-electron chi connectivity index (χ0n) is 17.3. The third kappa shape index (κ3) is 4.34. The SMILES string of the molecule is CC(C)OC(=O)c1cc2c(NC(=O)c3cc(-c4cccc(F)c4)ccc3F)cncc2[nH]1. The number of carbonyl (C=O) groups excluding carboxylic acids is 2. The van der Waals surface area contributed by atoms with Gasteiger partial charge in [-0.3, -0.25) is 9.78 Å². The summed E-state index contributed by atoms with van der Waals surface area (Å²) in [5, 5.41) is 3.16. The topological polar surface area (TPSA) is 84.1 Å². The predicted molar refractivity (Wildman–Crippen MR) is 116 cm³/mol. The lowest BCUT2D eigenvalue weighted by atomic mass is 10.0. The van der Waals surface area contributed by atoms with Crippen molar-refractivity contribution < 1.29 is 23.1 Å². The van der Waals surface area contributed by atoms with Gasteiger partial charge in [-0.25, -0.2) is 13.6 Å². The fourth-order valence-corrected chi connectivity index (χ4v) is 3.27. The summed E-state index contributed by atoms with van der Waals surface area (Å²) in [5.41, 5.74) is 1.81. The Morgan fingerprint density at radius 3 is 2.56 bits per heavy atom. The Morgan fingerprint density at radius 2 is 1.81 bits per heavy atom. The first kappa shape index (κ1) is 21.2. The quantitative estimate of drug-likeness (QED) is 0.415. The number of aromatic amines is 1. The van der Waals surface area contributed by atoms with E-state index in [9.17, 15) is 18.4 Å². The van der Waals surface area contributed by atoms with Crippen molar-refractivity contribution in [2.75, 3.05) is 5.32 Å². The molecule has 2 heterocycles. The monoisotopic (exact) mass is 435 g/mol. The summed E-state index contributed by atoms with van der Waals surface area (Å²) in [4.78, 5) is 32.0. The number of aromatic nitrogens is 2. The number of fused-ring (bicyclic) bond motifs is 1. The number of H-pyrrole nitrogens is 1. The molecule has 2 N–H and O–H groups in total. The molecule has 32 heavy (non-hydrogen) atoms. The Labute approximate surface area is 182 Å². The van der Waals surface area contributed by atoms with Crippen LogP contribution in [0.2, 0.25) is 0 Å². The van der Waals surface area contributed by atoms with Crippen molar-refractivity contribution in [2.45, 2.75) is 20.0 Å². The van der Waals surface area contributed by atoms with E-state index in [1.54, 1.807) is 19.9 Å². The van der Waals surface area contributed by atoms with Crippen LogP contribution >= 0.6 is 0 Å². The first-order chi connectivity index (χ1) is 15.3. The van der Waals surface area contributed by atoms with Gasteiger partial charge in [-0.05, 0) is 55.3 Å². The first-order valence-corrected chi connectivity index (χ1v) is 9.86. The van der Waals surface area contributed by atoms with E-state index in [4.69, 9.17) is 4.74 Å². The van der Waals surface area contributed by atoms with Crippen molar-refractivity contribution in [3.8, 4) is 11.1 Å². The van der Waals surface area contributed by atoms with E-state index >= 15 is 0 Å². The summed E-state index contributed by atoms with van der Waals surface area (Å²) in [6.45, 7) is 3.47. The number of hydrogen-bond acceptors (Lipinski definition) is 4. The maximum absolute atomic E-state index is 14.4. The molecule has 1 amide bonds. The highest BCUT2D eigenvalue weighted by Gasteiger charge is 2.18. The third-order valence-electron chi connectivity index (χ3n) is 4.73. The molecule has 0 spiro atoms. The number of hydrogen-bond donors (Lipinski definition) is 2. The van der Waals surface area contributed by atoms with E-state index in [2.05, 4.69) is 15.3 Å². The number of amides is 1. The van der Waals surface area contributed by atoms with E-state index in [0.717, 1.165) is 6.07 Å². The molecule has 0 saturated heterocycles. The van der Waals surface area contributed by atoms with Crippen molar-refractivity contribution in [1.82, 2.24) is 9.97 Å². The Kier molecular flexibility index (Phi) is 5.68. The molecule has 4 aromatic rings. The van der Waals surface area contributed by atoms with Gasteiger partial charge < -0.3 is 15.0 Å². The number of ether oxygens (including phenoxy) is 1. The van der Waals surface area contributed by atoms with Gasteiger partial charge in [0.1, 0.15) is 17.3 Å². The second kappa shape index (κ2) is 8.58. The fourth-order valence-electron chi connectivity index (χ4n) is 3.27. The molecular formula is C24H19F2N3O3. The van der Waals surface area contributed by atoms with Gasteiger partial charge in [0.15, 0.2) is 0 Å². The third-order valence-corrected chi connectivity index (χ3v) is 4.73. The van der Waals surface area contributed by atoms with Gasteiger partial charge in [-0.1, -0.05) is 18.2 Å². The minimum Gasteiger partial charge on any atom is -0.458 e. The summed E-state index contributed by atoms with van der Waals surface area (Å²) in [6.07, 6.45) is 2.61. The fraction of sp³-hybridized carbons (Fsp3) is 0.125. The summed E-state index contributed by atoms with van der Waals surface area (Å²) in [5.74, 6) is -2.40. The summed E-state index contributed by atoms with van der Waals surface area (Å²) < 4.78 is 33.2. The van der Waals surface area contributed by atoms with Crippen LogP contribution in [0.15, 0.2) is 60.9 Å². The number of rotatable bonds is 5. The molecule has 162 valence electrons. The lowest BCUT2D eigenvalue weighted by Crippen LogP contribution is -2.14. The number of carbonyl (C=O) groups is 2. The number of esters is 1. The number of anilines is 1. The van der Waals surface area contributed by atoms with Gasteiger partial charge in [-0.15, -0.1) is 0 Å². The predicted octanol–water partition coefficient (Wildman–Crippen LogP) is 5.33. The molecule has 0 aliphatic rings. The minimum absolute atomic E-state index is 0.205. The van der Waals surface area contributed by atoms with Crippen LogP contribution in [0.3, 0.4) is 0 Å². The second-order valence-electron chi connectivity index (χ2n) is 7.44. The van der Waals surface area contributed by atoms with Crippen molar-refractivity contribution in [2.24, 2.45) is 0 Å². The summed E-state index contributed by atoms with van der Waals surface area (Å²) >= 11 is 0. The minimum atomic E-state index is -0.724. The van der Waals surface area contributed by atoms with Gasteiger partial charge >= 0.3 is 5.97 Å². The summed E-state index contributed by atoms with van der Waals surface area (Å²) in [7, 11) is 0. The largest absolute Gasteiger partial charge is 0.458 e. The maximum atomic E-state index is 14.4. The molecule has 0 aliphatic heterocycles. The lowest BCUT2D eigenvalue weighted by molar-refractivity contribution is 0.0372. The lowest BCUT2D eigenvalue weighted by Gasteiger charge is -2.09. The molecular weight excluding hydrogens is 416 g/mol. The van der Waals surface area contributed by atoms with Gasteiger partial charge in [0.05, 0.1) is 35.3 Å². The molecule has 0 saturated carbocycles. The average molecular weight is 435 g/mol. The molecule has 2 aromatic carbocycles. The van der Waals surface area contributed by atoms with E-state index in [1.165, 1.54) is 48.8 Å². The zero-order chi connectivity index (χ0) is 22.8. The van der Waals surface area contributed by atoms with Crippen molar-refractivity contribution in [3.63, 3.8) is 0 Å². The maximum Gasteiger partial charge on any atom is 0.355 e. The number of pyridine rings is 1. The van der Waals surface area contributed by atoms with Gasteiger partial charge in [0.25, 0.3) is 5.91 Å². The molecule has 4 rings (SSSR count). The molecule has 0 aliphatic carbocycles. The molecule has 0 radical (unpaired) electrons. The Hall–Kier alpha value is -4.07. The van der Waals surface area contributed by atoms with Crippen molar-refractivity contribution in [1.29, 1.82) is 0 Å². The summed E-state index contributed by atoms with van der Waals surface area (Å²) in [6, 6.07) is 11.3. The van der Waals surface area contributed by atoms with Gasteiger partial charge in [0, 0.05) is 5.39 Å². The van der Waals surface area contributed by atoms with E-state index in [1.807, 2.05) is 0 Å². The van der Waals surface area contributed by atoms with Crippen molar-refractivity contribution in [3.05, 3.63) is 83.8 Å². The highest BCUT2D eigenvalue weighted by Crippen LogP contribution is 2.26. The number of halogens is 2. The Bertz CT molecular complexity index is 1330. The molecule has 0 unspecified atom stereocenters. The van der Waals surface area contributed by atoms with Crippen LogP contribution < -0.4 is 5.32 Å². The molecule has 0 fully saturated rings. The average Bonchev–Trinajstić information content (AvgIpc) is 3.19. The molecule has 0 bridgehead atoms. The van der Waals surface area contributed by atoms with E-state index < -0.39 is 23.5 Å². The first-order valence-electron chi connectivity index (χ1n) is 9.86. The molecule has 2 aromatic heterocycles. The number of nitrogens with one attached hydrogen (secondary N) is 2. The van der Waals surface area contributed by atoms with Crippen molar-refractivity contribution >= 4 is 28.5 Å². The second-order valence-corrected chi connectivity index (χ2v) is 7.44.